The summed E-state index contributed by atoms with van der Waals surface area (Å²) >= 11 is 1.65. The molecular weight excluding hydrogens is 396 g/mol. The van der Waals surface area contributed by atoms with Crippen molar-refractivity contribution in [2.75, 3.05) is 41.4 Å². The molecule has 2 aromatic carbocycles. The van der Waals surface area contributed by atoms with E-state index in [1.165, 1.54) is 0 Å². The molecule has 3 rings (SSSR count). The highest BCUT2D eigenvalue weighted by Crippen LogP contribution is 2.28. The van der Waals surface area contributed by atoms with Gasteiger partial charge in [-0.05, 0) is 67.5 Å². The molecule has 1 aliphatic heterocycles. The van der Waals surface area contributed by atoms with E-state index < -0.39 is 0 Å². The summed E-state index contributed by atoms with van der Waals surface area (Å²) in [6.07, 6.45) is 4.27. The lowest BCUT2D eigenvalue weighted by molar-refractivity contribution is 0.0949. The Bertz CT molecular complexity index is 877. The molecule has 0 aliphatic carbocycles. The van der Waals surface area contributed by atoms with Crippen LogP contribution in [0.25, 0.3) is 0 Å². The molecule has 160 valence electrons. The average molecular weight is 427 g/mol. The molecule has 0 spiro atoms. The highest BCUT2D eigenvalue weighted by atomic mass is 32.2. The number of carbonyl (C=O) groups is 2. The predicted molar refractivity (Wildman–Crippen MR) is 126 cm³/mol. The number of carbonyl (C=O) groups excluding carboxylic acids is 2. The van der Waals surface area contributed by atoms with Crippen molar-refractivity contribution in [1.82, 2.24) is 5.32 Å². The third kappa shape index (κ3) is 5.92. The zero-order chi connectivity index (χ0) is 21.5. The molecule has 0 unspecified atom stereocenters. The molecule has 7 heteroatoms. The van der Waals surface area contributed by atoms with Crippen LogP contribution in [0.5, 0.6) is 0 Å². The number of rotatable bonds is 7. The smallest absolute Gasteiger partial charge is 0.323 e. The third-order valence-electron chi connectivity index (χ3n) is 4.96. The normalized spacial score (nSPS) is 13.4. The van der Waals surface area contributed by atoms with Crippen LogP contribution in [0.4, 0.5) is 21.9 Å². The van der Waals surface area contributed by atoms with Crippen LogP contribution in [-0.2, 0) is 0 Å². The van der Waals surface area contributed by atoms with Gasteiger partial charge in [-0.1, -0.05) is 13.8 Å². The lowest BCUT2D eigenvalue weighted by Crippen LogP contribution is -2.30. The quantitative estimate of drug-likeness (QED) is 0.543. The van der Waals surface area contributed by atoms with Crippen LogP contribution in [0.15, 0.2) is 47.4 Å². The molecule has 0 radical (unpaired) electrons. The van der Waals surface area contributed by atoms with Crippen molar-refractivity contribution in [3.8, 4) is 0 Å². The molecule has 1 saturated heterocycles. The number of nitrogens with one attached hydrogen (secondary N) is 3. The first kappa shape index (κ1) is 22.0. The van der Waals surface area contributed by atoms with Crippen molar-refractivity contribution in [3.63, 3.8) is 0 Å². The van der Waals surface area contributed by atoms with E-state index in [0.717, 1.165) is 36.5 Å². The van der Waals surface area contributed by atoms with Crippen LogP contribution in [-0.4, -0.2) is 37.8 Å². The Morgan fingerprint density at radius 2 is 1.63 bits per heavy atom. The fourth-order valence-electron chi connectivity index (χ4n) is 3.39. The number of urea groups is 1. The number of thioether (sulfide) groups is 1. The van der Waals surface area contributed by atoms with E-state index in [4.69, 9.17) is 0 Å². The van der Waals surface area contributed by atoms with E-state index in [1.807, 2.05) is 42.7 Å². The molecule has 0 aromatic heterocycles. The molecule has 30 heavy (non-hydrogen) atoms. The maximum absolute atomic E-state index is 12.8. The zero-order valence-corrected chi connectivity index (χ0v) is 18.6. The van der Waals surface area contributed by atoms with Gasteiger partial charge in [0.15, 0.2) is 0 Å². The summed E-state index contributed by atoms with van der Waals surface area (Å²) in [6, 6.07) is 12.9. The summed E-state index contributed by atoms with van der Waals surface area (Å²) in [5.74, 6) is 0.260. The van der Waals surface area contributed by atoms with Crippen molar-refractivity contribution in [3.05, 3.63) is 48.0 Å². The van der Waals surface area contributed by atoms with Gasteiger partial charge < -0.3 is 20.9 Å². The van der Waals surface area contributed by atoms with Gasteiger partial charge in [0.05, 0.1) is 5.56 Å². The minimum Gasteiger partial charge on any atom is -0.371 e. The summed E-state index contributed by atoms with van der Waals surface area (Å²) in [7, 11) is 0. The SMILES string of the molecule is CSc1ccc(NC(=O)Nc2ccc(N3CCCC3)c(C(=O)NCC(C)C)c2)cc1. The highest BCUT2D eigenvalue weighted by molar-refractivity contribution is 7.98. The molecule has 3 N–H and O–H groups in total. The van der Waals surface area contributed by atoms with Gasteiger partial charge in [-0.25, -0.2) is 4.79 Å². The van der Waals surface area contributed by atoms with Gasteiger partial charge in [0.25, 0.3) is 5.91 Å². The van der Waals surface area contributed by atoms with Crippen LogP contribution in [0, 0.1) is 5.92 Å². The monoisotopic (exact) mass is 426 g/mol. The Morgan fingerprint density at radius 1 is 1.00 bits per heavy atom. The first-order valence-electron chi connectivity index (χ1n) is 10.4. The fraction of sp³-hybridized carbons (Fsp3) is 0.391. The van der Waals surface area contributed by atoms with Crippen LogP contribution >= 0.6 is 11.8 Å². The Kier molecular flexibility index (Phi) is 7.63. The molecule has 1 aliphatic rings. The first-order valence-corrected chi connectivity index (χ1v) is 11.6. The van der Waals surface area contributed by atoms with E-state index >= 15 is 0 Å². The number of anilines is 3. The lowest BCUT2D eigenvalue weighted by Gasteiger charge is -2.22. The molecule has 0 saturated carbocycles. The fourth-order valence-corrected chi connectivity index (χ4v) is 3.80. The molecule has 1 fully saturated rings. The maximum atomic E-state index is 12.8. The lowest BCUT2D eigenvalue weighted by atomic mass is 10.1. The average Bonchev–Trinajstić information content (AvgIpc) is 3.27. The van der Waals surface area contributed by atoms with E-state index in [9.17, 15) is 9.59 Å². The van der Waals surface area contributed by atoms with Gasteiger partial charge in [0, 0.05) is 41.6 Å². The van der Waals surface area contributed by atoms with Crippen LogP contribution < -0.4 is 20.9 Å². The largest absolute Gasteiger partial charge is 0.371 e. The van der Waals surface area contributed by atoms with Crippen LogP contribution in [0.3, 0.4) is 0 Å². The van der Waals surface area contributed by atoms with Gasteiger partial charge in [-0.3, -0.25) is 4.79 Å². The topological polar surface area (TPSA) is 73.5 Å². The maximum Gasteiger partial charge on any atom is 0.323 e. The molecule has 2 aromatic rings. The zero-order valence-electron chi connectivity index (χ0n) is 17.8. The highest BCUT2D eigenvalue weighted by Gasteiger charge is 2.20. The summed E-state index contributed by atoms with van der Waals surface area (Å²) in [6.45, 7) is 6.64. The first-order chi connectivity index (χ1) is 14.5. The van der Waals surface area contributed by atoms with Gasteiger partial charge in [-0.2, -0.15) is 0 Å². The molecule has 6 nitrogen and oxygen atoms in total. The van der Waals surface area contributed by atoms with Crippen LogP contribution in [0.2, 0.25) is 0 Å². The number of hydrogen-bond donors (Lipinski definition) is 3. The Balaban J connectivity index is 1.74. The molecule has 1 heterocycles. The van der Waals surface area contributed by atoms with Crippen molar-refractivity contribution in [1.29, 1.82) is 0 Å². The number of amides is 3. The predicted octanol–water partition coefficient (Wildman–Crippen LogP) is 5.04. The summed E-state index contributed by atoms with van der Waals surface area (Å²) in [5, 5.41) is 8.67. The Labute approximate surface area is 182 Å². The summed E-state index contributed by atoms with van der Waals surface area (Å²) in [5.41, 5.74) is 2.83. The van der Waals surface area contributed by atoms with E-state index in [0.29, 0.717) is 29.4 Å². The standard InChI is InChI=1S/C23H30N4O2S/c1-16(2)15-24-22(28)20-14-18(8-11-21(20)27-12-4-5-13-27)26-23(29)25-17-6-9-19(30-3)10-7-17/h6-11,14,16H,4-5,12-13,15H2,1-3H3,(H,24,28)(H2,25,26,29). The van der Waals surface area contributed by atoms with Crippen molar-refractivity contribution < 1.29 is 9.59 Å². The number of benzene rings is 2. The number of hydrogen-bond acceptors (Lipinski definition) is 4. The third-order valence-corrected chi connectivity index (χ3v) is 5.71. The van der Waals surface area contributed by atoms with Crippen molar-refractivity contribution in [2.45, 2.75) is 31.6 Å². The summed E-state index contributed by atoms with van der Waals surface area (Å²) < 4.78 is 0. The Morgan fingerprint density at radius 3 is 2.27 bits per heavy atom. The van der Waals surface area contributed by atoms with Crippen molar-refractivity contribution >= 4 is 40.8 Å². The second kappa shape index (κ2) is 10.4. The van der Waals surface area contributed by atoms with Gasteiger partial charge in [-0.15, -0.1) is 11.8 Å². The summed E-state index contributed by atoms with van der Waals surface area (Å²) in [4.78, 5) is 28.7. The molecular formula is C23H30N4O2S. The van der Waals surface area contributed by atoms with E-state index in [1.54, 1.807) is 17.8 Å². The second-order valence-electron chi connectivity index (χ2n) is 7.84. The molecule has 0 atom stereocenters. The van der Waals surface area contributed by atoms with Gasteiger partial charge in [0.2, 0.25) is 0 Å². The number of nitrogens with zero attached hydrogens (tertiary/aromatic N) is 1. The minimum atomic E-state index is -0.339. The van der Waals surface area contributed by atoms with Gasteiger partial charge in [0.1, 0.15) is 0 Å². The second-order valence-corrected chi connectivity index (χ2v) is 8.72. The van der Waals surface area contributed by atoms with E-state index in [2.05, 4.69) is 34.7 Å². The van der Waals surface area contributed by atoms with Gasteiger partial charge >= 0.3 is 6.03 Å². The molecule has 0 bridgehead atoms. The van der Waals surface area contributed by atoms with E-state index in [-0.39, 0.29) is 11.9 Å². The van der Waals surface area contributed by atoms with Crippen LogP contribution in [0.1, 0.15) is 37.0 Å². The molecule has 3 amide bonds. The Hall–Kier alpha value is -2.67. The van der Waals surface area contributed by atoms with Crippen molar-refractivity contribution in [2.24, 2.45) is 5.92 Å². The minimum absolute atomic E-state index is 0.109.